The summed E-state index contributed by atoms with van der Waals surface area (Å²) >= 11 is 0. The third-order valence-corrected chi connectivity index (χ3v) is 5.39. The van der Waals surface area contributed by atoms with Crippen molar-refractivity contribution in [3.8, 4) is 5.75 Å². The van der Waals surface area contributed by atoms with Crippen LogP contribution < -0.4 is 4.74 Å². The molecule has 1 atom stereocenters. The fourth-order valence-corrected chi connectivity index (χ4v) is 3.86. The summed E-state index contributed by atoms with van der Waals surface area (Å²) in [6, 6.07) is 8.24. The van der Waals surface area contributed by atoms with E-state index in [4.69, 9.17) is 4.74 Å². The van der Waals surface area contributed by atoms with Crippen molar-refractivity contribution < 1.29 is 9.53 Å². The number of carbonyl (C=O) groups excluding carboxylic acids is 1. The van der Waals surface area contributed by atoms with E-state index in [9.17, 15) is 4.79 Å². The van der Waals surface area contributed by atoms with E-state index >= 15 is 0 Å². The third kappa shape index (κ3) is 4.30. The molecule has 1 aliphatic heterocycles. The van der Waals surface area contributed by atoms with E-state index in [2.05, 4.69) is 27.2 Å². The molecule has 1 fully saturated rings. The molecule has 0 saturated carbocycles. The summed E-state index contributed by atoms with van der Waals surface area (Å²) in [7, 11) is 1.69. The van der Waals surface area contributed by atoms with Gasteiger partial charge in [-0.1, -0.05) is 12.1 Å². The monoisotopic (exact) mass is 379 g/mol. The summed E-state index contributed by atoms with van der Waals surface area (Å²) in [6.45, 7) is 1.68. The predicted molar refractivity (Wildman–Crippen MR) is 105 cm³/mol. The summed E-state index contributed by atoms with van der Waals surface area (Å²) < 4.78 is 6.91. The quantitative estimate of drug-likeness (QED) is 0.658. The molecule has 146 valence electrons. The maximum absolute atomic E-state index is 12.8. The van der Waals surface area contributed by atoms with Gasteiger partial charge in [0.1, 0.15) is 12.1 Å². The lowest BCUT2D eigenvalue weighted by Crippen LogP contribution is -2.40. The van der Waals surface area contributed by atoms with E-state index < -0.39 is 0 Å². The van der Waals surface area contributed by atoms with E-state index in [-0.39, 0.29) is 5.91 Å². The molecule has 0 unspecified atom stereocenters. The van der Waals surface area contributed by atoms with E-state index in [0.717, 1.165) is 43.7 Å². The predicted octanol–water partition coefficient (Wildman–Crippen LogP) is 2.55. The number of methoxy groups -OCH3 is 1. The van der Waals surface area contributed by atoms with Gasteiger partial charge in [-0.05, 0) is 54.9 Å². The lowest BCUT2D eigenvalue weighted by Gasteiger charge is -2.33. The van der Waals surface area contributed by atoms with Gasteiger partial charge in [0.05, 0.1) is 13.5 Å². The number of aryl methyl sites for hydroxylation is 1. The van der Waals surface area contributed by atoms with E-state index in [1.54, 1.807) is 17.8 Å². The number of amides is 1. The van der Waals surface area contributed by atoms with Crippen LogP contribution in [-0.2, 0) is 17.6 Å². The average Bonchev–Trinajstić information content (AvgIpc) is 3.20. The number of fused-ring (bicyclic) bond motifs is 1. The molecule has 7 heteroatoms. The molecule has 1 saturated heterocycles. The first-order valence-corrected chi connectivity index (χ1v) is 9.76. The lowest BCUT2D eigenvalue weighted by atomic mass is 9.91. The molecular formula is C21H25N5O2. The molecule has 0 radical (unpaired) electrons. The molecule has 1 aliphatic rings. The van der Waals surface area contributed by atoms with Crippen molar-refractivity contribution in [3.63, 3.8) is 0 Å². The summed E-state index contributed by atoms with van der Waals surface area (Å²) in [5.41, 5.74) is 2.15. The maximum Gasteiger partial charge on any atom is 0.252 e. The molecule has 0 N–H and O–H groups in total. The number of hydrogen-bond donors (Lipinski definition) is 0. The number of likely N-dealkylation sites (tertiary alicyclic amines) is 1. The van der Waals surface area contributed by atoms with Crippen molar-refractivity contribution in [1.82, 2.24) is 24.5 Å². The van der Waals surface area contributed by atoms with Gasteiger partial charge in [0.15, 0.2) is 0 Å². The minimum atomic E-state index is 0.160. The molecule has 2 aromatic heterocycles. The standard InChI is InChI=1S/C21H25N5O2/c1-28-19-6-2-4-16(10-19)7-8-17-5-3-9-25(13-17)20(27)11-18-12-22-21-23-15-24-26(21)14-18/h2,4,6,10,12,14-15,17H,3,5,7-9,11,13H2,1H3/t17-/m0/s1. The molecule has 0 bridgehead atoms. The van der Waals surface area contributed by atoms with Crippen LogP contribution >= 0.6 is 0 Å². The summed E-state index contributed by atoms with van der Waals surface area (Å²) in [6.07, 6.45) is 9.70. The minimum absolute atomic E-state index is 0.160. The van der Waals surface area contributed by atoms with Crippen LogP contribution in [0.1, 0.15) is 30.4 Å². The fraction of sp³-hybridized carbons (Fsp3) is 0.429. The van der Waals surface area contributed by atoms with Crippen LogP contribution in [0.25, 0.3) is 5.78 Å². The highest BCUT2D eigenvalue weighted by atomic mass is 16.5. The van der Waals surface area contributed by atoms with Crippen molar-refractivity contribution >= 4 is 11.7 Å². The van der Waals surface area contributed by atoms with Gasteiger partial charge >= 0.3 is 0 Å². The van der Waals surface area contributed by atoms with Crippen molar-refractivity contribution in [2.75, 3.05) is 20.2 Å². The van der Waals surface area contributed by atoms with Crippen LogP contribution in [0.2, 0.25) is 0 Å². The highest BCUT2D eigenvalue weighted by molar-refractivity contribution is 5.78. The van der Waals surface area contributed by atoms with E-state index in [1.807, 2.05) is 23.2 Å². The highest BCUT2D eigenvalue weighted by Gasteiger charge is 2.23. The second-order valence-corrected chi connectivity index (χ2v) is 7.38. The van der Waals surface area contributed by atoms with Gasteiger partial charge in [-0.25, -0.2) is 9.50 Å². The number of benzene rings is 1. The number of piperidine rings is 1. The Kier molecular flexibility index (Phi) is 5.50. The second kappa shape index (κ2) is 8.37. The Labute approximate surface area is 164 Å². The minimum Gasteiger partial charge on any atom is -0.497 e. The fourth-order valence-electron chi connectivity index (χ4n) is 3.86. The molecule has 0 spiro atoms. The third-order valence-electron chi connectivity index (χ3n) is 5.39. The van der Waals surface area contributed by atoms with Gasteiger partial charge in [-0.15, -0.1) is 0 Å². The number of rotatable bonds is 6. The van der Waals surface area contributed by atoms with Crippen LogP contribution in [0, 0.1) is 5.92 Å². The highest BCUT2D eigenvalue weighted by Crippen LogP contribution is 2.23. The first kappa shape index (κ1) is 18.4. The largest absolute Gasteiger partial charge is 0.497 e. The SMILES string of the molecule is COc1cccc(CC[C@@H]2CCCN(C(=O)Cc3cnc4ncnn4c3)C2)c1. The Balaban J connectivity index is 1.32. The van der Waals surface area contributed by atoms with Gasteiger partial charge in [-0.3, -0.25) is 4.79 Å². The Morgan fingerprint density at radius 1 is 1.29 bits per heavy atom. The first-order valence-electron chi connectivity index (χ1n) is 9.76. The second-order valence-electron chi connectivity index (χ2n) is 7.38. The molecule has 3 heterocycles. The van der Waals surface area contributed by atoms with Gasteiger partial charge < -0.3 is 9.64 Å². The molecule has 1 amide bonds. The van der Waals surface area contributed by atoms with Crippen LogP contribution in [-0.4, -0.2) is 50.6 Å². The van der Waals surface area contributed by atoms with Crippen molar-refractivity contribution in [2.24, 2.45) is 5.92 Å². The number of nitrogens with zero attached hydrogens (tertiary/aromatic N) is 5. The normalized spacial score (nSPS) is 17.0. The Hall–Kier alpha value is -2.96. The van der Waals surface area contributed by atoms with Crippen molar-refractivity contribution in [3.05, 3.63) is 54.1 Å². The summed E-state index contributed by atoms with van der Waals surface area (Å²) in [4.78, 5) is 23.1. The number of aromatic nitrogens is 4. The zero-order chi connectivity index (χ0) is 19.3. The molecule has 0 aliphatic carbocycles. The smallest absolute Gasteiger partial charge is 0.252 e. The van der Waals surface area contributed by atoms with Crippen LogP contribution in [0.5, 0.6) is 5.75 Å². The van der Waals surface area contributed by atoms with E-state index in [0.29, 0.717) is 18.1 Å². The van der Waals surface area contributed by atoms with Gasteiger partial charge in [0, 0.05) is 25.5 Å². The lowest BCUT2D eigenvalue weighted by molar-refractivity contribution is -0.132. The number of ether oxygens (including phenoxy) is 1. The Morgan fingerprint density at radius 2 is 2.21 bits per heavy atom. The molecule has 4 rings (SSSR count). The average molecular weight is 379 g/mol. The Bertz CT molecular complexity index is 955. The zero-order valence-electron chi connectivity index (χ0n) is 16.1. The topological polar surface area (TPSA) is 72.6 Å². The van der Waals surface area contributed by atoms with Gasteiger partial charge in [-0.2, -0.15) is 10.1 Å². The van der Waals surface area contributed by atoms with Crippen molar-refractivity contribution in [1.29, 1.82) is 0 Å². The Morgan fingerprint density at radius 3 is 3.11 bits per heavy atom. The van der Waals surface area contributed by atoms with Crippen LogP contribution in [0.3, 0.4) is 0 Å². The van der Waals surface area contributed by atoms with Crippen molar-refractivity contribution in [2.45, 2.75) is 32.1 Å². The van der Waals surface area contributed by atoms with Gasteiger partial charge in [0.2, 0.25) is 5.91 Å². The molecule has 3 aromatic rings. The molecule has 7 nitrogen and oxygen atoms in total. The van der Waals surface area contributed by atoms with Crippen LogP contribution in [0.15, 0.2) is 43.0 Å². The van der Waals surface area contributed by atoms with E-state index in [1.165, 1.54) is 18.3 Å². The number of hydrogen-bond acceptors (Lipinski definition) is 5. The first-order chi connectivity index (χ1) is 13.7. The summed E-state index contributed by atoms with van der Waals surface area (Å²) in [5.74, 6) is 2.15. The molecular weight excluding hydrogens is 354 g/mol. The maximum atomic E-state index is 12.8. The van der Waals surface area contributed by atoms with Crippen LogP contribution in [0.4, 0.5) is 0 Å². The number of carbonyl (C=O) groups is 1. The molecule has 28 heavy (non-hydrogen) atoms. The summed E-state index contributed by atoms with van der Waals surface area (Å²) in [5, 5.41) is 4.09. The molecule has 1 aromatic carbocycles. The van der Waals surface area contributed by atoms with Gasteiger partial charge in [0.25, 0.3) is 5.78 Å². The zero-order valence-corrected chi connectivity index (χ0v) is 16.1.